The van der Waals surface area contributed by atoms with Gasteiger partial charge >= 0.3 is 0 Å². The first-order valence-electron chi connectivity index (χ1n) is 2.75. The predicted molar refractivity (Wildman–Crippen MR) is 38.1 cm³/mol. The molecule has 0 aliphatic carbocycles. The highest BCUT2D eigenvalue weighted by molar-refractivity contribution is 7.77. The zero-order valence-electron chi connectivity index (χ0n) is 5.42. The second-order valence-corrected chi connectivity index (χ2v) is 2.26. The maximum atomic E-state index is 5.05. The van der Waals surface area contributed by atoms with E-state index in [1.54, 1.807) is 4.31 Å². The van der Waals surface area contributed by atoms with Crippen LogP contribution in [0.1, 0.15) is 6.92 Å². The molecule has 0 saturated heterocycles. The molecule has 0 amide bonds. The van der Waals surface area contributed by atoms with Gasteiger partial charge in [0.1, 0.15) is 0 Å². The standard InChI is InChI=1S/C5H13NOS/c1-3-7-5-4-6(2)8/h8H,3-5H2,1-2H3. The second kappa shape index (κ2) is 5.41. The molecule has 0 fully saturated rings. The minimum Gasteiger partial charge on any atom is -0.380 e. The molecule has 3 heteroatoms. The van der Waals surface area contributed by atoms with E-state index in [0.717, 1.165) is 19.8 Å². The Balaban J connectivity index is 2.72. The molecule has 0 aliphatic rings. The Morgan fingerprint density at radius 1 is 1.62 bits per heavy atom. The van der Waals surface area contributed by atoms with Gasteiger partial charge in [-0.15, -0.1) is 0 Å². The average Bonchev–Trinajstić information content (AvgIpc) is 1.66. The van der Waals surface area contributed by atoms with Crippen LogP contribution < -0.4 is 0 Å². The lowest BCUT2D eigenvalue weighted by atomic mass is 10.7. The molecule has 0 aromatic heterocycles. The summed E-state index contributed by atoms with van der Waals surface area (Å²) in [5.41, 5.74) is 0. The van der Waals surface area contributed by atoms with Crippen molar-refractivity contribution < 1.29 is 4.74 Å². The Morgan fingerprint density at radius 3 is 2.62 bits per heavy atom. The second-order valence-electron chi connectivity index (χ2n) is 1.58. The summed E-state index contributed by atoms with van der Waals surface area (Å²) in [6.07, 6.45) is 0. The Kier molecular flexibility index (Phi) is 5.59. The van der Waals surface area contributed by atoms with E-state index in [1.807, 2.05) is 14.0 Å². The van der Waals surface area contributed by atoms with Gasteiger partial charge < -0.3 is 4.74 Å². The van der Waals surface area contributed by atoms with Crippen LogP contribution in [0.15, 0.2) is 0 Å². The molecule has 8 heavy (non-hydrogen) atoms. The molecule has 0 atom stereocenters. The Hall–Kier alpha value is 0.270. The topological polar surface area (TPSA) is 12.5 Å². The van der Waals surface area contributed by atoms with Gasteiger partial charge in [0.15, 0.2) is 0 Å². The van der Waals surface area contributed by atoms with E-state index in [0.29, 0.717) is 0 Å². The van der Waals surface area contributed by atoms with E-state index in [4.69, 9.17) is 4.74 Å². The molecular formula is C5H13NOS. The lowest BCUT2D eigenvalue weighted by Crippen LogP contribution is -2.12. The normalized spacial score (nSPS) is 10.5. The summed E-state index contributed by atoms with van der Waals surface area (Å²) in [5, 5.41) is 0. The number of hydrogen-bond donors (Lipinski definition) is 1. The largest absolute Gasteiger partial charge is 0.380 e. The van der Waals surface area contributed by atoms with E-state index in [1.165, 1.54) is 0 Å². The van der Waals surface area contributed by atoms with E-state index in [2.05, 4.69) is 12.8 Å². The van der Waals surface area contributed by atoms with Crippen LogP contribution in [0.2, 0.25) is 0 Å². The number of ether oxygens (including phenoxy) is 1. The molecular weight excluding hydrogens is 122 g/mol. The summed E-state index contributed by atoms with van der Waals surface area (Å²) in [6.45, 7) is 4.44. The summed E-state index contributed by atoms with van der Waals surface area (Å²) in [7, 11) is 1.90. The number of thiol groups is 1. The van der Waals surface area contributed by atoms with Crippen LogP contribution in [-0.4, -0.2) is 31.1 Å². The van der Waals surface area contributed by atoms with E-state index >= 15 is 0 Å². The maximum absolute atomic E-state index is 5.05. The van der Waals surface area contributed by atoms with Crippen LogP contribution in [-0.2, 0) is 4.74 Å². The highest BCUT2D eigenvalue weighted by atomic mass is 32.1. The molecule has 0 N–H and O–H groups in total. The Bertz CT molecular complexity index is 49.7. The van der Waals surface area contributed by atoms with Crippen LogP contribution in [0.5, 0.6) is 0 Å². The minimum atomic E-state index is 0.774. The third kappa shape index (κ3) is 6.27. The van der Waals surface area contributed by atoms with Crippen molar-refractivity contribution in [2.24, 2.45) is 0 Å². The number of nitrogens with zero attached hydrogens (tertiary/aromatic N) is 1. The van der Waals surface area contributed by atoms with Crippen molar-refractivity contribution in [3.05, 3.63) is 0 Å². The molecule has 0 aliphatic heterocycles. The van der Waals surface area contributed by atoms with Crippen molar-refractivity contribution in [3.63, 3.8) is 0 Å². The van der Waals surface area contributed by atoms with Gasteiger partial charge in [0.2, 0.25) is 0 Å². The lowest BCUT2D eigenvalue weighted by Gasteiger charge is -2.06. The van der Waals surface area contributed by atoms with Gasteiger partial charge in [-0.25, -0.2) is 0 Å². The molecule has 2 nitrogen and oxygen atoms in total. The fraction of sp³-hybridized carbons (Fsp3) is 1.00. The van der Waals surface area contributed by atoms with Gasteiger partial charge in [0.05, 0.1) is 6.61 Å². The smallest absolute Gasteiger partial charge is 0.0602 e. The number of likely N-dealkylation sites (N-methyl/N-ethyl adjacent to an activating group) is 1. The van der Waals surface area contributed by atoms with Crippen LogP contribution in [0.3, 0.4) is 0 Å². The first kappa shape index (κ1) is 8.27. The van der Waals surface area contributed by atoms with Crippen LogP contribution >= 0.6 is 12.8 Å². The zero-order valence-corrected chi connectivity index (χ0v) is 6.32. The van der Waals surface area contributed by atoms with Crippen LogP contribution in [0.4, 0.5) is 0 Å². The lowest BCUT2D eigenvalue weighted by molar-refractivity contribution is 0.141. The molecule has 0 rings (SSSR count). The highest BCUT2D eigenvalue weighted by Crippen LogP contribution is 1.84. The third-order valence-corrected chi connectivity index (χ3v) is 0.963. The van der Waals surface area contributed by atoms with Crippen LogP contribution in [0.25, 0.3) is 0 Å². The van der Waals surface area contributed by atoms with Gasteiger partial charge in [-0.1, -0.05) is 12.8 Å². The molecule has 0 saturated carbocycles. The van der Waals surface area contributed by atoms with Gasteiger partial charge in [-0.2, -0.15) is 0 Å². The third-order valence-electron chi connectivity index (χ3n) is 0.763. The summed E-state index contributed by atoms with van der Waals surface area (Å²) >= 11 is 4.02. The van der Waals surface area contributed by atoms with E-state index in [-0.39, 0.29) is 0 Å². The Morgan fingerprint density at radius 2 is 2.25 bits per heavy atom. The predicted octanol–water partition coefficient (Wildman–Crippen LogP) is 0.800. The maximum Gasteiger partial charge on any atom is 0.0602 e. The van der Waals surface area contributed by atoms with Crippen molar-refractivity contribution in [3.8, 4) is 0 Å². The van der Waals surface area contributed by atoms with E-state index in [9.17, 15) is 0 Å². The van der Waals surface area contributed by atoms with Gasteiger partial charge in [-0.05, 0) is 14.0 Å². The first-order valence-corrected chi connectivity index (χ1v) is 3.15. The fourth-order valence-corrected chi connectivity index (χ4v) is 0.423. The van der Waals surface area contributed by atoms with Gasteiger partial charge in [0, 0.05) is 13.2 Å². The Labute approximate surface area is 56.4 Å². The molecule has 50 valence electrons. The van der Waals surface area contributed by atoms with Crippen molar-refractivity contribution in [1.82, 2.24) is 4.31 Å². The monoisotopic (exact) mass is 135 g/mol. The SMILES string of the molecule is CCOCCN(C)S. The molecule has 0 aromatic carbocycles. The summed E-state index contributed by atoms with van der Waals surface area (Å²) in [5.74, 6) is 0. The minimum absolute atomic E-state index is 0.774. The number of rotatable bonds is 4. The molecule has 0 aromatic rings. The highest BCUT2D eigenvalue weighted by Gasteiger charge is 1.87. The van der Waals surface area contributed by atoms with Crippen molar-refractivity contribution in [2.45, 2.75) is 6.92 Å². The van der Waals surface area contributed by atoms with Crippen molar-refractivity contribution >= 4 is 12.8 Å². The summed E-state index contributed by atoms with van der Waals surface area (Å²) < 4.78 is 6.86. The fourth-order valence-electron chi connectivity index (χ4n) is 0.341. The molecule has 0 radical (unpaired) electrons. The van der Waals surface area contributed by atoms with Gasteiger partial charge in [-0.3, -0.25) is 4.31 Å². The molecule has 0 unspecified atom stereocenters. The molecule has 0 spiro atoms. The first-order chi connectivity index (χ1) is 3.77. The summed E-state index contributed by atoms with van der Waals surface area (Å²) in [6, 6.07) is 0. The molecule has 0 bridgehead atoms. The zero-order chi connectivity index (χ0) is 6.41. The molecule has 0 heterocycles. The van der Waals surface area contributed by atoms with Crippen molar-refractivity contribution in [2.75, 3.05) is 26.8 Å². The van der Waals surface area contributed by atoms with Crippen LogP contribution in [0, 0.1) is 0 Å². The van der Waals surface area contributed by atoms with Crippen molar-refractivity contribution in [1.29, 1.82) is 0 Å². The number of hydrogen-bond acceptors (Lipinski definition) is 3. The quantitative estimate of drug-likeness (QED) is 0.452. The van der Waals surface area contributed by atoms with E-state index < -0.39 is 0 Å². The average molecular weight is 135 g/mol. The summed E-state index contributed by atoms with van der Waals surface area (Å²) in [4.78, 5) is 0. The van der Waals surface area contributed by atoms with Gasteiger partial charge in [0.25, 0.3) is 0 Å².